The molecule has 0 bridgehead atoms. The predicted octanol–water partition coefficient (Wildman–Crippen LogP) is 2.83. The molecule has 0 saturated heterocycles. The van der Waals surface area contributed by atoms with Gasteiger partial charge in [-0.15, -0.1) is 0 Å². The van der Waals surface area contributed by atoms with Gasteiger partial charge in [0.25, 0.3) is 0 Å². The average Bonchev–Trinajstić information content (AvgIpc) is 2.56. The van der Waals surface area contributed by atoms with Crippen molar-refractivity contribution < 1.29 is 4.79 Å². The van der Waals surface area contributed by atoms with Crippen LogP contribution in [0.4, 0.5) is 0 Å². The second-order valence-corrected chi connectivity index (χ2v) is 6.28. The minimum absolute atomic E-state index is 0.0282. The van der Waals surface area contributed by atoms with Crippen molar-refractivity contribution in [3.05, 3.63) is 0 Å². The minimum Gasteiger partial charge on any atom is -0.352 e. The van der Waals surface area contributed by atoms with Crippen molar-refractivity contribution in [2.45, 2.75) is 77.8 Å². The highest BCUT2D eigenvalue weighted by atomic mass is 16.2. The van der Waals surface area contributed by atoms with Crippen LogP contribution in [0.3, 0.4) is 0 Å². The monoisotopic (exact) mass is 254 g/mol. The summed E-state index contributed by atoms with van der Waals surface area (Å²) >= 11 is 0. The Hall–Kier alpha value is -0.570. The Morgan fingerprint density at radius 2 is 1.72 bits per heavy atom. The molecule has 2 atom stereocenters. The number of hydrogen-bond donors (Lipinski definition) is 2. The molecule has 1 saturated carbocycles. The zero-order valence-electron chi connectivity index (χ0n) is 12.2. The number of nitrogens with one attached hydrogen (secondary N) is 1. The third-order valence-electron chi connectivity index (χ3n) is 4.04. The van der Waals surface area contributed by atoms with Crippen molar-refractivity contribution in [2.24, 2.45) is 17.6 Å². The highest BCUT2D eigenvalue weighted by Gasteiger charge is 2.23. The fraction of sp³-hybridized carbons (Fsp3) is 0.933. The van der Waals surface area contributed by atoms with Crippen molar-refractivity contribution in [3.8, 4) is 0 Å². The third kappa shape index (κ3) is 5.38. The first kappa shape index (κ1) is 15.5. The largest absolute Gasteiger partial charge is 0.352 e. The van der Waals surface area contributed by atoms with Crippen molar-refractivity contribution in [2.75, 3.05) is 0 Å². The molecule has 1 fully saturated rings. The fourth-order valence-corrected chi connectivity index (χ4v) is 2.88. The molecule has 0 aliphatic heterocycles. The average molecular weight is 254 g/mol. The lowest BCUT2D eigenvalue weighted by Gasteiger charge is -2.25. The van der Waals surface area contributed by atoms with Gasteiger partial charge >= 0.3 is 0 Å². The van der Waals surface area contributed by atoms with Gasteiger partial charge in [0, 0.05) is 6.04 Å². The molecule has 106 valence electrons. The summed E-state index contributed by atoms with van der Waals surface area (Å²) in [6.07, 6.45) is 8.59. The quantitative estimate of drug-likeness (QED) is 0.741. The molecule has 0 heterocycles. The van der Waals surface area contributed by atoms with Gasteiger partial charge in [-0.05, 0) is 38.0 Å². The van der Waals surface area contributed by atoms with Gasteiger partial charge in [0.2, 0.25) is 5.91 Å². The zero-order valence-corrected chi connectivity index (χ0v) is 12.2. The van der Waals surface area contributed by atoms with Crippen LogP contribution in [-0.4, -0.2) is 18.0 Å². The van der Waals surface area contributed by atoms with E-state index in [1.165, 1.54) is 38.5 Å². The van der Waals surface area contributed by atoms with Crippen LogP contribution in [0.2, 0.25) is 0 Å². The van der Waals surface area contributed by atoms with E-state index in [4.69, 9.17) is 5.73 Å². The van der Waals surface area contributed by atoms with Gasteiger partial charge in [-0.3, -0.25) is 4.79 Å². The molecule has 0 aromatic carbocycles. The molecule has 1 amide bonds. The number of amides is 1. The molecule has 1 aliphatic rings. The molecule has 0 unspecified atom stereocenters. The maximum atomic E-state index is 12.0. The van der Waals surface area contributed by atoms with E-state index in [1.807, 2.05) is 0 Å². The standard InChI is InChI=1S/C15H30N2O/c1-11(2)10-14(16)15(18)17-12(3)13-8-6-4-5-7-9-13/h11-14H,4-10,16H2,1-3H3,(H,17,18)/t12-,14+/m0/s1. The van der Waals surface area contributed by atoms with Gasteiger partial charge in [0.1, 0.15) is 0 Å². The van der Waals surface area contributed by atoms with Crippen LogP contribution < -0.4 is 11.1 Å². The molecule has 0 radical (unpaired) electrons. The van der Waals surface area contributed by atoms with Gasteiger partial charge in [0.05, 0.1) is 6.04 Å². The maximum absolute atomic E-state index is 12.0. The zero-order chi connectivity index (χ0) is 13.5. The summed E-state index contributed by atoms with van der Waals surface area (Å²) in [5, 5.41) is 3.12. The lowest BCUT2D eigenvalue weighted by Crippen LogP contribution is -2.47. The summed E-state index contributed by atoms with van der Waals surface area (Å²) in [5.41, 5.74) is 5.91. The SMILES string of the molecule is CC(C)C[C@@H](N)C(=O)N[C@@H](C)C1CCCCCC1. The Bertz CT molecular complexity index is 245. The van der Waals surface area contributed by atoms with Crippen LogP contribution in [0.25, 0.3) is 0 Å². The first-order valence-corrected chi connectivity index (χ1v) is 7.56. The van der Waals surface area contributed by atoms with Gasteiger partial charge in [-0.2, -0.15) is 0 Å². The third-order valence-corrected chi connectivity index (χ3v) is 4.04. The van der Waals surface area contributed by atoms with E-state index in [9.17, 15) is 4.79 Å². The van der Waals surface area contributed by atoms with E-state index in [-0.39, 0.29) is 18.0 Å². The molecule has 0 aromatic heterocycles. The van der Waals surface area contributed by atoms with Crippen LogP contribution >= 0.6 is 0 Å². The Balaban J connectivity index is 2.37. The topological polar surface area (TPSA) is 55.1 Å². The number of hydrogen-bond acceptors (Lipinski definition) is 2. The molecule has 3 nitrogen and oxygen atoms in total. The number of carbonyl (C=O) groups excluding carboxylic acids is 1. The Morgan fingerprint density at radius 1 is 1.17 bits per heavy atom. The lowest BCUT2D eigenvalue weighted by atomic mass is 9.92. The molecular formula is C15H30N2O. The van der Waals surface area contributed by atoms with Gasteiger partial charge < -0.3 is 11.1 Å². The molecule has 18 heavy (non-hydrogen) atoms. The fourth-order valence-electron chi connectivity index (χ4n) is 2.88. The first-order chi connectivity index (χ1) is 8.50. The van der Waals surface area contributed by atoms with Gasteiger partial charge in [-0.25, -0.2) is 0 Å². The number of nitrogens with two attached hydrogens (primary N) is 1. The van der Waals surface area contributed by atoms with E-state index in [0.717, 1.165) is 6.42 Å². The first-order valence-electron chi connectivity index (χ1n) is 7.56. The van der Waals surface area contributed by atoms with Crippen LogP contribution in [0.15, 0.2) is 0 Å². The summed E-state index contributed by atoms with van der Waals surface area (Å²) in [6, 6.07) is -0.0768. The molecule has 1 rings (SSSR count). The number of carbonyl (C=O) groups is 1. The summed E-state index contributed by atoms with van der Waals surface area (Å²) in [6.45, 7) is 6.33. The Morgan fingerprint density at radius 3 is 2.22 bits per heavy atom. The minimum atomic E-state index is -0.349. The molecule has 0 aromatic rings. The van der Waals surface area contributed by atoms with E-state index >= 15 is 0 Å². The summed E-state index contributed by atoms with van der Waals surface area (Å²) in [7, 11) is 0. The van der Waals surface area contributed by atoms with E-state index in [2.05, 4.69) is 26.1 Å². The normalized spacial score (nSPS) is 21.4. The van der Waals surface area contributed by atoms with Crippen LogP contribution in [0.5, 0.6) is 0 Å². The molecule has 0 spiro atoms. The predicted molar refractivity (Wildman–Crippen MR) is 76.2 cm³/mol. The van der Waals surface area contributed by atoms with Crippen LogP contribution in [0, 0.1) is 11.8 Å². The van der Waals surface area contributed by atoms with Gasteiger partial charge in [-0.1, -0.05) is 39.5 Å². The van der Waals surface area contributed by atoms with E-state index in [1.54, 1.807) is 0 Å². The second kappa shape index (κ2) is 7.78. The highest BCUT2D eigenvalue weighted by Crippen LogP contribution is 2.25. The van der Waals surface area contributed by atoms with Crippen molar-refractivity contribution in [1.29, 1.82) is 0 Å². The second-order valence-electron chi connectivity index (χ2n) is 6.28. The van der Waals surface area contributed by atoms with Crippen LogP contribution in [0.1, 0.15) is 65.7 Å². The smallest absolute Gasteiger partial charge is 0.237 e. The Labute approximate surface area is 112 Å². The number of rotatable bonds is 5. The van der Waals surface area contributed by atoms with Gasteiger partial charge in [0.15, 0.2) is 0 Å². The van der Waals surface area contributed by atoms with E-state index < -0.39 is 0 Å². The van der Waals surface area contributed by atoms with Crippen molar-refractivity contribution in [3.63, 3.8) is 0 Å². The molecule has 3 N–H and O–H groups in total. The molecule has 3 heteroatoms. The molecular weight excluding hydrogens is 224 g/mol. The summed E-state index contributed by atoms with van der Waals surface area (Å²) in [5.74, 6) is 1.14. The molecule has 1 aliphatic carbocycles. The summed E-state index contributed by atoms with van der Waals surface area (Å²) in [4.78, 5) is 12.0. The van der Waals surface area contributed by atoms with Crippen molar-refractivity contribution >= 4 is 5.91 Å². The van der Waals surface area contributed by atoms with E-state index in [0.29, 0.717) is 11.8 Å². The lowest BCUT2D eigenvalue weighted by molar-refractivity contribution is -0.123. The highest BCUT2D eigenvalue weighted by molar-refractivity contribution is 5.81. The maximum Gasteiger partial charge on any atom is 0.237 e. The van der Waals surface area contributed by atoms with Crippen molar-refractivity contribution in [1.82, 2.24) is 5.32 Å². The summed E-state index contributed by atoms with van der Waals surface area (Å²) < 4.78 is 0. The Kier molecular flexibility index (Phi) is 6.69. The van der Waals surface area contributed by atoms with Crippen LogP contribution in [-0.2, 0) is 4.79 Å².